The average molecular weight is 260 g/mol. The highest BCUT2D eigenvalue weighted by molar-refractivity contribution is 5.99. The van der Waals surface area contributed by atoms with Crippen molar-refractivity contribution in [1.29, 1.82) is 0 Å². The van der Waals surface area contributed by atoms with Crippen molar-refractivity contribution in [3.8, 4) is 5.75 Å². The molecule has 0 aromatic heterocycles. The molecule has 2 aromatic rings. The van der Waals surface area contributed by atoms with Gasteiger partial charge in [0.25, 0.3) is 5.91 Å². The Morgan fingerprint density at radius 2 is 1.89 bits per heavy atom. The molecule has 0 saturated carbocycles. The molecule has 1 amide bonds. The van der Waals surface area contributed by atoms with Crippen LogP contribution in [0.1, 0.15) is 15.9 Å². The summed E-state index contributed by atoms with van der Waals surface area (Å²) >= 11 is 0. The number of halogens is 1. The van der Waals surface area contributed by atoms with Crippen LogP contribution in [-0.4, -0.2) is 5.91 Å². The Morgan fingerprint density at radius 1 is 1.16 bits per heavy atom. The van der Waals surface area contributed by atoms with Gasteiger partial charge in [-0.2, -0.15) is 0 Å². The number of hydrogen-bond donors (Lipinski definition) is 2. The first kappa shape index (κ1) is 12.9. The van der Waals surface area contributed by atoms with Crippen molar-refractivity contribution in [2.75, 3.05) is 5.73 Å². The van der Waals surface area contributed by atoms with E-state index in [1.54, 1.807) is 30.3 Å². The van der Waals surface area contributed by atoms with E-state index in [1.165, 1.54) is 12.1 Å². The molecule has 0 fully saturated rings. The van der Waals surface area contributed by atoms with Gasteiger partial charge in [0.05, 0.1) is 11.3 Å². The molecule has 0 spiro atoms. The molecule has 98 valence electrons. The van der Waals surface area contributed by atoms with Crippen LogP contribution in [0.25, 0.3) is 0 Å². The molecule has 0 aliphatic carbocycles. The van der Waals surface area contributed by atoms with Crippen LogP contribution in [0.3, 0.4) is 0 Å². The molecule has 0 saturated heterocycles. The van der Waals surface area contributed by atoms with Crippen molar-refractivity contribution in [3.05, 3.63) is 59.4 Å². The van der Waals surface area contributed by atoms with Crippen molar-refractivity contribution in [3.63, 3.8) is 0 Å². The Balaban J connectivity index is 2.19. The average Bonchev–Trinajstić information content (AvgIpc) is 2.39. The van der Waals surface area contributed by atoms with Gasteiger partial charge in [-0.05, 0) is 18.2 Å². The Bertz CT molecular complexity index is 614. The molecule has 4 N–H and O–H groups in total. The fraction of sp³-hybridized carbons (Fsp3) is 0.0714. The summed E-state index contributed by atoms with van der Waals surface area (Å²) in [5.41, 5.74) is 11.7. The molecule has 0 atom stereocenters. The number of nitrogens with two attached hydrogens (primary N) is 2. The summed E-state index contributed by atoms with van der Waals surface area (Å²) in [6.45, 7) is 0.0269. The van der Waals surface area contributed by atoms with E-state index in [4.69, 9.17) is 16.2 Å². The summed E-state index contributed by atoms with van der Waals surface area (Å²) in [7, 11) is 0. The standard InChI is InChI=1S/C14H13FN2O2/c15-11-6-2-1-4-9(11)8-19-12-7-3-5-10(13(12)16)14(17)18/h1-7H,8,16H2,(H2,17,18). The minimum absolute atomic E-state index is 0.0269. The lowest BCUT2D eigenvalue weighted by Gasteiger charge is -2.11. The molecule has 4 nitrogen and oxygen atoms in total. The summed E-state index contributed by atoms with van der Waals surface area (Å²) in [4.78, 5) is 11.1. The summed E-state index contributed by atoms with van der Waals surface area (Å²) in [6.07, 6.45) is 0. The number of carbonyl (C=O) groups excluding carboxylic acids is 1. The second-order valence-electron chi connectivity index (χ2n) is 3.96. The number of nitrogen functional groups attached to an aromatic ring is 1. The zero-order valence-electron chi connectivity index (χ0n) is 10.1. The summed E-state index contributed by atoms with van der Waals surface area (Å²) in [6, 6.07) is 11.0. The van der Waals surface area contributed by atoms with Crippen LogP contribution in [0, 0.1) is 5.82 Å². The number of rotatable bonds is 4. The lowest BCUT2D eigenvalue weighted by molar-refractivity contribution is 0.100. The third kappa shape index (κ3) is 2.82. The maximum Gasteiger partial charge on any atom is 0.250 e. The Hall–Kier alpha value is -2.56. The van der Waals surface area contributed by atoms with E-state index in [0.29, 0.717) is 11.3 Å². The van der Waals surface area contributed by atoms with Crippen LogP contribution in [-0.2, 0) is 6.61 Å². The number of carbonyl (C=O) groups is 1. The van der Waals surface area contributed by atoms with E-state index in [9.17, 15) is 9.18 Å². The van der Waals surface area contributed by atoms with Gasteiger partial charge >= 0.3 is 0 Å². The van der Waals surface area contributed by atoms with Gasteiger partial charge in [-0.15, -0.1) is 0 Å². The number of anilines is 1. The highest BCUT2D eigenvalue weighted by Crippen LogP contribution is 2.26. The molecule has 0 aliphatic rings. The minimum atomic E-state index is -0.631. The predicted molar refractivity (Wildman–Crippen MR) is 70.1 cm³/mol. The van der Waals surface area contributed by atoms with E-state index in [0.717, 1.165) is 0 Å². The van der Waals surface area contributed by atoms with E-state index in [-0.39, 0.29) is 23.7 Å². The molecule has 0 unspecified atom stereocenters. The van der Waals surface area contributed by atoms with E-state index in [1.807, 2.05) is 0 Å². The SMILES string of the molecule is NC(=O)c1cccc(OCc2ccccc2F)c1N. The molecule has 2 rings (SSSR count). The quantitative estimate of drug-likeness (QED) is 0.826. The molecular weight excluding hydrogens is 247 g/mol. The van der Waals surface area contributed by atoms with Crippen molar-refractivity contribution in [2.24, 2.45) is 5.73 Å². The van der Waals surface area contributed by atoms with E-state index >= 15 is 0 Å². The molecule has 5 heteroatoms. The normalized spacial score (nSPS) is 10.2. The predicted octanol–water partition coefficient (Wildman–Crippen LogP) is 2.09. The third-order valence-electron chi connectivity index (χ3n) is 2.67. The van der Waals surface area contributed by atoms with Gasteiger partial charge in [0, 0.05) is 5.56 Å². The molecule has 2 aromatic carbocycles. The smallest absolute Gasteiger partial charge is 0.250 e. The first-order valence-electron chi connectivity index (χ1n) is 5.64. The van der Waals surface area contributed by atoms with Gasteiger partial charge in [-0.25, -0.2) is 4.39 Å². The molecule has 0 heterocycles. The molecule has 19 heavy (non-hydrogen) atoms. The van der Waals surface area contributed by atoms with E-state index < -0.39 is 5.91 Å². The third-order valence-corrected chi connectivity index (χ3v) is 2.67. The number of benzene rings is 2. The maximum atomic E-state index is 13.4. The number of primary amides is 1. The second-order valence-corrected chi connectivity index (χ2v) is 3.96. The number of amides is 1. The summed E-state index contributed by atoms with van der Waals surface area (Å²) < 4.78 is 18.8. The summed E-state index contributed by atoms with van der Waals surface area (Å²) in [5.74, 6) is -0.680. The van der Waals surface area contributed by atoms with Crippen LogP contribution in [0.2, 0.25) is 0 Å². The largest absolute Gasteiger partial charge is 0.487 e. The number of para-hydroxylation sites is 1. The Labute approximate surface area is 109 Å². The van der Waals surface area contributed by atoms with Crippen LogP contribution in [0.5, 0.6) is 5.75 Å². The van der Waals surface area contributed by atoms with Gasteiger partial charge in [0.1, 0.15) is 18.2 Å². The van der Waals surface area contributed by atoms with Gasteiger partial charge in [-0.3, -0.25) is 4.79 Å². The molecule has 0 aliphatic heterocycles. The Kier molecular flexibility index (Phi) is 3.66. The monoisotopic (exact) mass is 260 g/mol. The van der Waals surface area contributed by atoms with Crippen molar-refractivity contribution in [1.82, 2.24) is 0 Å². The second kappa shape index (κ2) is 5.39. The molecular formula is C14H13FN2O2. The lowest BCUT2D eigenvalue weighted by Crippen LogP contribution is -2.14. The first-order valence-corrected chi connectivity index (χ1v) is 5.64. The fourth-order valence-corrected chi connectivity index (χ4v) is 1.66. The Morgan fingerprint density at radius 3 is 2.58 bits per heavy atom. The van der Waals surface area contributed by atoms with Gasteiger partial charge in [0.15, 0.2) is 0 Å². The highest BCUT2D eigenvalue weighted by Gasteiger charge is 2.11. The maximum absolute atomic E-state index is 13.4. The van der Waals surface area contributed by atoms with Crippen LogP contribution in [0.4, 0.5) is 10.1 Å². The van der Waals surface area contributed by atoms with E-state index in [2.05, 4.69) is 0 Å². The zero-order chi connectivity index (χ0) is 13.8. The lowest BCUT2D eigenvalue weighted by atomic mass is 10.1. The number of ether oxygens (including phenoxy) is 1. The van der Waals surface area contributed by atoms with Crippen LogP contribution in [0.15, 0.2) is 42.5 Å². The minimum Gasteiger partial charge on any atom is -0.487 e. The van der Waals surface area contributed by atoms with Crippen LogP contribution >= 0.6 is 0 Å². The van der Waals surface area contributed by atoms with Gasteiger partial charge < -0.3 is 16.2 Å². The van der Waals surface area contributed by atoms with Gasteiger partial charge in [-0.1, -0.05) is 24.3 Å². The molecule has 0 bridgehead atoms. The van der Waals surface area contributed by atoms with Crippen molar-refractivity contribution >= 4 is 11.6 Å². The summed E-state index contributed by atoms with van der Waals surface area (Å²) in [5, 5.41) is 0. The number of hydrogen-bond acceptors (Lipinski definition) is 3. The fourth-order valence-electron chi connectivity index (χ4n) is 1.66. The van der Waals surface area contributed by atoms with Crippen molar-refractivity contribution in [2.45, 2.75) is 6.61 Å². The highest BCUT2D eigenvalue weighted by atomic mass is 19.1. The first-order chi connectivity index (χ1) is 9.09. The van der Waals surface area contributed by atoms with Crippen molar-refractivity contribution < 1.29 is 13.9 Å². The van der Waals surface area contributed by atoms with Gasteiger partial charge in [0.2, 0.25) is 0 Å². The topological polar surface area (TPSA) is 78.3 Å². The zero-order valence-corrected chi connectivity index (χ0v) is 10.1. The van der Waals surface area contributed by atoms with Crippen LogP contribution < -0.4 is 16.2 Å². The molecule has 0 radical (unpaired) electrons.